The van der Waals surface area contributed by atoms with E-state index in [9.17, 15) is 0 Å². The summed E-state index contributed by atoms with van der Waals surface area (Å²) in [7, 11) is 1.85. The van der Waals surface area contributed by atoms with Gasteiger partial charge in [0.15, 0.2) is 0 Å². The molecule has 1 atom stereocenters. The van der Waals surface area contributed by atoms with Crippen molar-refractivity contribution in [3.8, 4) is 12.0 Å². The van der Waals surface area contributed by atoms with Crippen molar-refractivity contribution >= 4 is 11.9 Å². The third-order valence-corrected chi connectivity index (χ3v) is 2.93. The highest BCUT2D eigenvalue weighted by molar-refractivity contribution is 5.40. The summed E-state index contributed by atoms with van der Waals surface area (Å²) in [5.74, 6) is 1.32. The third kappa shape index (κ3) is 3.42. The summed E-state index contributed by atoms with van der Waals surface area (Å²) in [5.41, 5.74) is 0. The molecular weight excluding hydrogens is 270 g/mol. The molecule has 0 saturated heterocycles. The maximum absolute atomic E-state index is 8.81. The van der Waals surface area contributed by atoms with Crippen molar-refractivity contribution in [1.82, 2.24) is 29.7 Å². The Bertz CT molecular complexity index is 616. The van der Waals surface area contributed by atoms with Crippen LogP contribution < -0.4 is 10.2 Å². The maximum atomic E-state index is 8.81. The van der Waals surface area contributed by atoms with E-state index in [-0.39, 0.29) is 6.04 Å². The molecule has 1 unspecified atom stereocenters. The molecular formula is C12H17N9. The van der Waals surface area contributed by atoms with Crippen molar-refractivity contribution in [3.05, 3.63) is 12.7 Å². The standard InChI is InChI=1S/C12H17N9/c1-4-15-10-17-11(20(3)9(2)5-6-13)19-12(18-10)21-8-14-7-16-21/h7-9H,4-5H2,1-3H3,(H,15,17,18,19). The van der Waals surface area contributed by atoms with Gasteiger partial charge in [-0.15, -0.1) is 0 Å². The number of hydrogen-bond donors (Lipinski definition) is 1. The smallest absolute Gasteiger partial charge is 0.258 e. The highest BCUT2D eigenvalue weighted by Gasteiger charge is 2.16. The summed E-state index contributed by atoms with van der Waals surface area (Å²) >= 11 is 0. The zero-order valence-corrected chi connectivity index (χ0v) is 12.2. The SMILES string of the molecule is CCNc1nc(N(C)C(C)CC#N)nc(-n2cncn2)n1. The van der Waals surface area contributed by atoms with Gasteiger partial charge in [0.25, 0.3) is 5.95 Å². The monoisotopic (exact) mass is 287 g/mol. The molecule has 0 saturated carbocycles. The number of nitrogens with one attached hydrogen (secondary N) is 1. The molecule has 0 fully saturated rings. The molecule has 2 aromatic rings. The minimum atomic E-state index is -0.00419. The Morgan fingerprint density at radius 1 is 1.43 bits per heavy atom. The number of hydrogen-bond acceptors (Lipinski definition) is 8. The van der Waals surface area contributed by atoms with Crippen LogP contribution in [0, 0.1) is 11.3 Å². The first-order valence-electron chi connectivity index (χ1n) is 6.60. The summed E-state index contributed by atoms with van der Waals surface area (Å²) in [6.07, 6.45) is 3.32. The lowest BCUT2D eigenvalue weighted by Crippen LogP contribution is -2.31. The van der Waals surface area contributed by atoms with E-state index < -0.39 is 0 Å². The van der Waals surface area contributed by atoms with Gasteiger partial charge in [0.05, 0.1) is 12.5 Å². The zero-order chi connectivity index (χ0) is 15.2. The largest absolute Gasteiger partial charge is 0.354 e. The van der Waals surface area contributed by atoms with Crippen LogP contribution in [0.2, 0.25) is 0 Å². The van der Waals surface area contributed by atoms with Crippen LogP contribution >= 0.6 is 0 Å². The predicted molar refractivity (Wildman–Crippen MR) is 77.0 cm³/mol. The molecule has 0 aliphatic rings. The molecule has 0 aliphatic heterocycles. The second kappa shape index (κ2) is 6.60. The topological polar surface area (TPSA) is 108 Å². The summed E-state index contributed by atoms with van der Waals surface area (Å²) < 4.78 is 1.47. The maximum Gasteiger partial charge on any atom is 0.258 e. The van der Waals surface area contributed by atoms with Crippen LogP contribution in [0.25, 0.3) is 5.95 Å². The van der Waals surface area contributed by atoms with Crippen LogP contribution in [0.4, 0.5) is 11.9 Å². The second-order valence-corrected chi connectivity index (χ2v) is 4.45. The van der Waals surface area contributed by atoms with E-state index in [0.29, 0.717) is 30.8 Å². The molecule has 2 rings (SSSR count). The van der Waals surface area contributed by atoms with Crippen molar-refractivity contribution in [2.24, 2.45) is 0 Å². The highest BCUT2D eigenvalue weighted by atomic mass is 15.4. The first-order valence-corrected chi connectivity index (χ1v) is 6.60. The summed E-state index contributed by atoms with van der Waals surface area (Å²) in [4.78, 5) is 18.7. The van der Waals surface area contributed by atoms with Crippen molar-refractivity contribution in [1.29, 1.82) is 5.26 Å². The summed E-state index contributed by atoms with van der Waals surface area (Å²) in [5, 5.41) is 15.9. The lowest BCUT2D eigenvalue weighted by Gasteiger charge is -2.23. The molecule has 2 heterocycles. The minimum absolute atomic E-state index is 0.00419. The average molecular weight is 287 g/mol. The number of nitrogens with zero attached hydrogens (tertiary/aromatic N) is 8. The fraction of sp³-hybridized carbons (Fsp3) is 0.500. The second-order valence-electron chi connectivity index (χ2n) is 4.45. The van der Waals surface area contributed by atoms with Crippen LogP contribution in [0.3, 0.4) is 0 Å². The Morgan fingerprint density at radius 2 is 2.24 bits per heavy atom. The Kier molecular flexibility index (Phi) is 4.61. The fourth-order valence-corrected chi connectivity index (χ4v) is 1.63. The first-order chi connectivity index (χ1) is 10.2. The molecule has 0 aliphatic carbocycles. The number of rotatable bonds is 6. The van der Waals surface area contributed by atoms with Crippen LogP contribution in [-0.2, 0) is 0 Å². The molecule has 0 spiro atoms. The predicted octanol–water partition coefficient (Wildman–Crippen LogP) is 0.622. The van der Waals surface area contributed by atoms with Crippen LogP contribution in [0.15, 0.2) is 12.7 Å². The lowest BCUT2D eigenvalue weighted by atomic mass is 10.2. The van der Waals surface area contributed by atoms with E-state index in [2.05, 4.69) is 36.4 Å². The Hall–Kier alpha value is -2.76. The lowest BCUT2D eigenvalue weighted by molar-refractivity contribution is 0.674. The highest BCUT2D eigenvalue weighted by Crippen LogP contribution is 2.14. The van der Waals surface area contributed by atoms with Gasteiger partial charge >= 0.3 is 0 Å². The molecule has 21 heavy (non-hydrogen) atoms. The van der Waals surface area contributed by atoms with Crippen LogP contribution in [-0.4, -0.2) is 49.4 Å². The van der Waals surface area contributed by atoms with E-state index in [0.717, 1.165) is 0 Å². The van der Waals surface area contributed by atoms with E-state index in [1.165, 1.54) is 17.3 Å². The molecule has 9 nitrogen and oxygen atoms in total. The van der Waals surface area contributed by atoms with Gasteiger partial charge < -0.3 is 10.2 Å². The summed E-state index contributed by atoms with van der Waals surface area (Å²) in [6, 6.07) is 2.14. The minimum Gasteiger partial charge on any atom is -0.354 e. The van der Waals surface area contributed by atoms with Crippen LogP contribution in [0.5, 0.6) is 0 Å². The first kappa shape index (κ1) is 14.6. The molecule has 110 valence electrons. The number of anilines is 2. The van der Waals surface area contributed by atoms with E-state index >= 15 is 0 Å². The molecule has 1 N–H and O–H groups in total. The normalized spacial score (nSPS) is 11.7. The van der Waals surface area contributed by atoms with Gasteiger partial charge in [-0.2, -0.15) is 30.0 Å². The van der Waals surface area contributed by atoms with Gasteiger partial charge in [-0.05, 0) is 13.8 Å². The number of nitriles is 1. The van der Waals surface area contributed by atoms with Gasteiger partial charge in [-0.1, -0.05) is 0 Å². The molecule has 9 heteroatoms. The Balaban J connectivity index is 2.38. The third-order valence-electron chi connectivity index (χ3n) is 2.93. The van der Waals surface area contributed by atoms with Crippen molar-refractivity contribution in [3.63, 3.8) is 0 Å². The van der Waals surface area contributed by atoms with Gasteiger partial charge in [0.1, 0.15) is 12.7 Å². The Morgan fingerprint density at radius 3 is 2.86 bits per heavy atom. The molecule has 0 radical (unpaired) electrons. The Labute approximate surface area is 122 Å². The fourth-order valence-electron chi connectivity index (χ4n) is 1.63. The molecule has 0 bridgehead atoms. The average Bonchev–Trinajstić information content (AvgIpc) is 3.01. The molecule has 0 aromatic carbocycles. The zero-order valence-electron chi connectivity index (χ0n) is 12.2. The van der Waals surface area contributed by atoms with Gasteiger partial charge in [0, 0.05) is 19.6 Å². The van der Waals surface area contributed by atoms with E-state index in [1.807, 2.05) is 25.8 Å². The van der Waals surface area contributed by atoms with E-state index in [1.54, 1.807) is 0 Å². The number of aromatic nitrogens is 6. The quantitative estimate of drug-likeness (QED) is 0.823. The molecule has 2 aromatic heterocycles. The van der Waals surface area contributed by atoms with Gasteiger partial charge in [-0.3, -0.25) is 0 Å². The van der Waals surface area contributed by atoms with Crippen molar-refractivity contribution in [2.75, 3.05) is 23.8 Å². The van der Waals surface area contributed by atoms with Crippen molar-refractivity contribution in [2.45, 2.75) is 26.3 Å². The van der Waals surface area contributed by atoms with E-state index in [4.69, 9.17) is 5.26 Å². The molecule has 0 amide bonds. The van der Waals surface area contributed by atoms with Crippen LogP contribution in [0.1, 0.15) is 20.3 Å². The van der Waals surface area contributed by atoms with Gasteiger partial charge in [0.2, 0.25) is 11.9 Å². The summed E-state index contributed by atoms with van der Waals surface area (Å²) in [6.45, 7) is 4.59. The van der Waals surface area contributed by atoms with Gasteiger partial charge in [-0.25, -0.2) is 4.98 Å². The van der Waals surface area contributed by atoms with Crippen molar-refractivity contribution < 1.29 is 0 Å².